The third-order valence-electron chi connectivity index (χ3n) is 5.94. The van der Waals surface area contributed by atoms with E-state index in [1.165, 1.54) is 0 Å². The maximum absolute atomic E-state index is 11.1. The Kier molecular flexibility index (Phi) is 6.17. The van der Waals surface area contributed by atoms with E-state index in [9.17, 15) is 5.11 Å². The molecule has 5 aromatic rings. The summed E-state index contributed by atoms with van der Waals surface area (Å²) in [6.07, 6.45) is 2.42. The van der Waals surface area contributed by atoms with E-state index in [4.69, 9.17) is 9.47 Å². The van der Waals surface area contributed by atoms with Crippen molar-refractivity contribution in [2.75, 3.05) is 7.11 Å². The second kappa shape index (κ2) is 9.71. The van der Waals surface area contributed by atoms with Crippen LogP contribution < -0.4 is 9.47 Å². The van der Waals surface area contributed by atoms with Gasteiger partial charge in [-0.2, -0.15) is 0 Å². The fraction of sp³-hybridized carbons (Fsp3) is 0.138. The van der Waals surface area contributed by atoms with E-state index in [1.54, 1.807) is 13.3 Å². The van der Waals surface area contributed by atoms with E-state index in [-0.39, 0.29) is 5.88 Å². The van der Waals surface area contributed by atoms with Gasteiger partial charge in [-0.1, -0.05) is 60.7 Å². The predicted octanol–water partition coefficient (Wildman–Crippen LogP) is 5.97. The Bertz CT molecular complexity index is 1400. The van der Waals surface area contributed by atoms with E-state index in [1.807, 2.05) is 95.6 Å². The van der Waals surface area contributed by atoms with Crippen LogP contribution in [0.4, 0.5) is 0 Å². The Morgan fingerprint density at radius 3 is 2.32 bits per heavy atom. The monoisotopic (exact) mass is 450 g/mol. The van der Waals surface area contributed by atoms with E-state index in [0.29, 0.717) is 31.1 Å². The first kappa shape index (κ1) is 21.6. The second-order valence-corrected chi connectivity index (χ2v) is 8.16. The molecule has 0 aliphatic carbocycles. The highest BCUT2D eigenvalue weighted by atomic mass is 16.5. The number of fused-ring (bicyclic) bond motifs is 1. The Balaban J connectivity index is 1.45. The summed E-state index contributed by atoms with van der Waals surface area (Å²) < 4.78 is 13.6. The molecule has 0 unspecified atom stereocenters. The number of benzene rings is 3. The first-order valence-electron chi connectivity index (χ1n) is 11.3. The maximum atomic E-state index is 11.1. The summed E-state index contributed by atoms with van der Waals surface area (Å²) in [5.41, 5.74) is 4.07. The summed E-state index contributed by atoms with van der Waals surface area (Å²) >= 11 is 0. The van der Waals surface area contributed by atoms with Gasteiger partial charge in [0.1, 0.15) is 6.61 Å². The van der Waals surface area contributed by atoms with E-state index < -0.39 is 0 Å². The number of hydrogen-bond donors (Lipinski definition) is 1. The highest BCUT2D eigenvalue weighted by Crippen LogP contribution is 2.35. The maximum Gasteiger partial charge on any atom is 0.199 e. The molecule has 0 saturated heterocycles. The second-order valence-electron chi connectivity index (χ2n) is 8.16. The lowest BCUT2D eigenvalue weighted by molar-refractivity contribution is 0.284. The molecule has 5 rings (SSSR count). The van der Waals surface area contributed by atoms with Crippen molar-refractivity contribution in [2.45, 2.75) is 19.6 Å². The van der Waals surface area contributed by atoms with E-state index >= 15 is 0 Å². The zero-order valence-corrected chi connectivity index (χ0v) is 19.0. The van der Waals surface area contributed by atoms with Gasteiger partial charge in [0.15, 0.2) is 17.4 Å². The summed E-state index contributed by atoms with van der Waals surface area (Å²) in [6, 6.07) is 29.8. The Hall–Kier alpha value is -4.25. The highest BCUT2D eigenvalue weighted by molar-refractivity contribution is 5.91. The normalized spacial score (nSPS) is 11.0. The molecule has 0 atom stereocenters. The van der Waals surface area contributed by atoms with Gasteiger partial charge in [0.2, 0.25) is 0 Å². The van der Waals surface area contributed by atoms with Crippen LogP contribution in [0.25, 0.3) is 10.8 Å². The minimum Gasteiger partial charge on any atom is -0.494 e. The summed E-state index contributed by atoms with van der Waals surface area (Å²) in [5, 5.41) is 13.0. The molecule has 5 nitrogen and oxygen atoms in total. The molecule has 2 heterocycles. The number of nitrogens with zero attached hydrogens (tertiary/aromatic N) is 2. The summed E-state index contributed by atoms with van der Waals surface area (Å²) in [7, 11) is 1.64. The fourth-order valence-electron chi connectivity index (χ4n) is 4.23. The molecular formula is C29H26N2O3. The van der Waals surface area contributed by atoms with Crippen molar-refractivity contribution in [1.29, 1.82) is 0 Å². The topological polar surface area (TPSA) is 56.5 Å². The van der Waals surface area contributed by atoms with Gasteiger partial charge >= 0.3 is 0 Å². The lowest BCUT2D eigenvalue weighted by Crippen LogP contribution is -2.06. The zero-order valence-electron chi connectivity index (χ0n) is 19.0. The fourth-order valence-corrected chi connectivity index (χ4v) is 4.23. The van der Waals surface area contributed by atoms with Crippen molar-refractivity contribution in [3.8, 4) is 17.4 Å². The minimum absolute atomic E-state index is 0.255. The van der Waals surface area contributed by atoms with Crippen LogP contribution in [-0.4, -0.2) is 21.8 Å². The molecule has 0 spiro atoms. The van der Waals surface area contributed by atoms with Crippen molar-refractivity contribution >= 4 is 10.8 Å². The first-order chi connectivity index (χ1) is 16.7. The van der Waals surface area contributed by atoms with Crippen LogP contribution in [0.15, 0.2) is 97.2 Å². The number of rotatable bonds is 8. The molecule has 0 aliphatic heterocycles. The van der Waals surface area contributed by atoms with Gasteiger partial charge in [0.05, 0.1) is 13.7 Å². The lowest BCUT2D eigenvalue weighted by atomic mass is 10.1. The number of aromatic nitrogens is 2. The predicted molar refractivity (Wildman–Crippen MR) is 134 cm³/mol. The van der Waals surface area contributed by atoms with Gasteiger partial charge in [0.25, 0.3) is 0 Å². The number of pyridine rings is 1. The Labute approximate surface area is 198 Å². The van der Waals surface area contributed by atoms with Gasteiger partial charge in [-0.15, -0.1) is 0 Å². The lowest BCUT2D eigenvalue weighted by Gasteiger charge is -2.15. The molecule has 34 heavy (non-hydrogen) atoms. The molecule has 2 aromatic heterocycles. The van der Waals surface area contributed by atoms with Crippen molar-refractivity contribution in [2.24, 2.45) is 0 Å². The Morgan fingerprint density at radius 1 is 0.794 bits per heavy atom. The third-order valence-corrected chi connectivity index (χ3v) is 5.94. The molecule has 0 fully saturated rings. The van der Waals surface area contributed by atoms with Gasteiger partial charge < -0.3 is 19.1 Å². The van der Waals surface area contributed by atoms with E-state index in [0.717, 1.165) is 33.3 Å². The standard InChI is InChI=1S/C29H26N2O3/c1-33-28-17-22(14-15-27(28)34-20-21-9-3-2-4-10-21)19-31-26(18-23-11-7-8-16-30-23)24-12-5-6-13-25(24)29(31)32/h2-17,32H,18-20H2,1H3. The zero-order chi connectivity index (χ0) is 23.3. The van der Waals surface area contributed by atoms with Crippen molar-refractivity contribution in [1.82, 2.24) is 9.55 Å². The molecule has 1 N–H and O–H groups in total. The summed E-state index contributed by atoms with van der Waals surface area (Å²) in [4.78, 5) is 4.49. The molecule has 0 bridgehead atoms. The van der Waals surface area contributed by atoms with Crippen molar-refractivity contribution in [3.63, 3.8) is 0 Å². The third kappa shape index (κ3) is 4.46. The van der Waals surface area contributed by atoms with Gasteiger partial charge in [-0.3, -0.25) is 4.98 Å². The largest absolute Gasteiger partial charge is 0.494 e. The number of methoxy groups -OCH3 is 1. The smallest absolute Gasteiger partial charge is 0.199 e. The molecule has 0 amide bonds. The number of aromatic hydroxyl groups is 1. The van der Waals surface area contributed by atoms with Gasteiger partial charge in [0, 0.05) is 34.8 Å². The summed E-state index contributed by atoms with van der Waals surface area (Å²) in [6.45, 7) is 0.965. The molecular weight excluding hydrogens is 424 g/mol. The average molecular weight is 451 g/mol. The quantitative estimate of drug-likeness (QED) is 0.317. The van der Waals surface area contributed by atoms with Crippen LogP contribution in [0.2, 0.25) is 0 Å². The average Bonchev–Trinajstić information content (AvgIpc) is 3.15. The molecule has 170 valence electrons. The number of ether oxygens (including phenoxy) is 2. The van der Waals surface area contributed by atoms with Crippen LogP contribution in [0, 0.1) is 0 Å². The van der Waals surface area contributed by atoms with Gasteiger partial charge in [-0.25, -0.2) is 0 Å². The molecule has 0 saturated carbocycles. The van der Waals surface area contributed by atoms with Crippen molar-refractivity contribution in [3.05, 3.63) is 120 Å². The molecule has 5 heteroatoms. The number of hydrogen-bond acceptors (Lipinski definition) is 4. The SMILES string of the molecule is COc1cc(Cn2c(O)c3ccccc3c2Cc2ccccn2)ccc1OCc1ccccc1. The molecule has 0 aliphatic rings. The van der Waals surface area contributed by atoms with Gasteiger partial charge in [-0.05, 0) is 41.5 Å². The van der Waals surface area contributed by atoms with E-state index in [2.05, 4.69) is 4.98 Å². The van der Waals surface area contributed by atoms with Crippen LogP contribution in [0.3, 0.4) is 0 Å². The van der Waals surface area contributed by atoms with Crippen LogP contribution in [0.5, 0.6) is 17.4 Å². The highest BCUT2D eigenvalue weighted by Gasteiger charge is 2.18. The Morgan fingerprint density at radius 2 is 1.56 bits per heavy atom. The first-order valence-corrected chi connectivity index (χ1v) is 11.3. The van der Waals surface area contributed by atoms with Crippen LogP contribution >= 0.6 is 0 Å². The van der Waals surface area contributed by atoms with Crippen LogP contribution in [-0.2, 0) is 19.6 Å². The minimum atomic E-state index is 0.255. The molecule has 3 aromatic carbocycles. The van der Waals surface area contributed by atoms with Crippen molar-refractivity contribution < 1.29 is 14.6 Å². The van der Waals surface area contributed by atoms with Crippen LogP contribution in [0.1, 0.15) is 22.5 Å². The summed E-state index contributed by atoms with van der Waals surface area (Å²) in [5.74, 6) is 1.60. The molecule has 0 radical (unpaired) electrons.